The van der Waals surface area contributed by atoms with Crippen molar-refractivity contribution in [2.24, 2.45) is 0 Å². The molecule has 5 rings (SSSR count). The lowest BCUT2D eigenvalue weighted by molar-refractivity contribution is -0.132. The number of anilines is 1. The predicted molar refractivity (Wildman–Crippen MR) is 143 cm³/mol. The van der Waals surface area contributed by atoms with Crippen molar-refractivity contribution in [2.75, 3.05) is 12.0 Å². The molecule has 0 spiro atoms. The highest BCUT2D eigenvalue weighted by molar-refractivity contribution is 9.10. The molecule has 9 heteroatoms. The van der Waals surface area contributed by atoms with E-state index in [9.17, 15) is 19.8 Å². The third-order valence-electron chi connectivity index (χ3n) is 6.10. The number of ketones is 1. The van der Waals surface area contributed by atoms with E-state index >= 15 is 0 Å². The van der Waals surface area contributed by atoms with Crippen LogP contribution in [-0.4, -0.2) is 34.0 Å². The van der Waals surface area contributed by atoms with E-state index in [0.29, 0.717) is 20.7 Å². The molecule has 0 radical (unpaired) electrons. The summed E-state index contributed by atoms with van der Waals surface area (Å²) in [7, 11) is 1.41. The first-order valence-electron chi connectivity index (χ1n) is 11.0. The highest BCUT2D eigenvalue weighted by Crippen LogP contribution is 2.47. The van der Waals surface area contributed by atoms with E-state index in [1.165, 1.54) is 23.3 Å². The number of fused-ring (bicyclic) bond motifs is 1. The molecule has 1 aromatic heterocycles. The van der Waals surface area contributed by atoms with Crippen LogP contribution in [-0.2, 0) is 9.59 Å². The number of carbonyl (C=O) groups is 2. The normalized spacial score (nSPS) is 17.2. The van der Waals surface area contributed by atoms with Gasteiger partial charge in [0.25, 0.3) is 5.78 Å². The van der Waals surface area contributed by atoms with Gasteiger partial charge in [0.1, 0.15) is 5.76 Å². The Bertz CT molecular complexity index is 1580. The predicted octanol–water partition coefficient (Wildman–Crippen LogP) is 6.02. The highest BCUT2D eigenvalue weighted by Gasteiger charge is 2.48. The monoisotopic (exact) mass is 564 g/mol. The van der Waals surface area contributed by atoms with Gasteiger partial charge in [0.05, 0.1) is 33.4 Å². The third kappa shape index (κ3) is 3.84. The average molecular weight is 565 g/mol. The van der Waals surface area contributed by atoms with Gasteiger partial charge in [0, 0.05) is 5.56 Å². The van der Waals surface area contributed by atoms with Crippen LogP contribution < -0.4 is 9.64 Å². The molecule has 0 saturated carbocycles. The summed E-state index contributed by atoms with van der Waals surface area (Å²) in [6.07, 6.45) is 0. The second-order valence-corrected chi connectivity index (χ2v) is 10.4. The number of aliphatic hydroxyl groups is 1. The van der Waals surface area contributed by atoms with Crippen molar-refractivity contribution in [1.29, 1.82) is 0 Å². The van der Waals surface area contributed by atoms with Crippen LogP contribution in [0.15, 0.2) is 64.6 Å². The fourth-order valence-electron chi connectivity index (χ4n) is 4.47. The van der Waals surface area contributed by atoms with Crippen LogP contribution >= 0.6 is 27.3 Å². The van der Waals surface area contributed by atoms with E-state index in [0.717, 1.165) is 21.3 Å². The first-order chi connectivity index (χ1) is 17.2. The van der Waals surface area contributed by atoms with E-state index in [1.807, 2.05) is 26.0 Å². The van der Waals surface area contributed by atoms with Gasteiger partial charge >= 0.3 is 5.91 Å². The Hall–Kier alpha value is -3.69. The molecule has 1 aliphatic heterocycles. The molecule has 1 saturated heterocycles. The Kier molecular flexibility index (Phi) is 6.05. The van der Waals surface area contributed by atoms with Crippen LogP contribution in [0.3, 0.4) is 0 Å². The summed E-state index contributed by atoms with van der Waals surface area (Å²) < 4.78 is 6.52. The van der Waals surface area contributed by atoms with E-state index in [2.05, 4.69) is 15.9 Å². The van der Waals surface area contributed by atoms with Crippen molar-refractivity contribution < 1.29 is 24.5 Å². The molecule has 4 aromatic rings. The lowest BCUT2D eigenvalue weighted by atomic mass is 9.95. The summed E-state index contributed by atoms with van der Waals surface area (Å²) in [5, 5.41) is 21.9. The minimum Gasteiger partial charge on any atom is -0.507 e. The highest BCUT2D eigenvalue weighted by atomic mass is 79.9. The summed E-state index contributed by atoms with van der Waals surface area (Å²) in [6.45, 7) is 3.93. The number of thiazole rings is 1. The molecule has 36 heavy (non-hydrogen) atoms. The molecule has 1 fully saturated rings. The van der Waals surface area contributed by atoms with Gasteiger partial charge in [-0.1, -0.05) is 47.7 Å². The molecule has 3 aromatic carbocycles. The maximum atomic E-state index is 13.5. The van der Waals surface area contributed by atoms with Crippen LogP contribution in [0.2, 0.25) is 0 Å². The van der Waals surface area contributed by atoms with Crippen molar-refractivity contribution in [3.8, 4) is 11.5 Å². The number of benzene rings is 3. The van der Waals surface area contributed by atoms with Crippen LogP contribution in [0.25, 0.3) is 16.0 Å². The van der Waals surface area contributed by atoms with E-state index in [-0.39, 0.29) is 22.8 Å². The molecule has 1 amide bonds. The largest absolute Gasteiger partial charge is 0.507 e. The van der Waals surface area contributed by atoms with Crippen molar-refractivity contribution >= 4 is 60.1 Å². The number of nitrogens with zero attached hydrogens (tertiary/aromatic N) is 2. The minimum absolute atomic E-state index is 0.0713. The summed E-state index contributed by atoms with van der Waals surface area (Å²) in [4.78, 5) is 32.9. The van der Waals surface area contributed by atoms with Crippen molar-refractivity contribution in [3.05, 3.63) is 86.9 Å². The number of Topliss-reactive ketones (excluding diaryl/α,β-unsaturated/α-hetero) is 1. The van der Waals surface area contributed by atoms with E-state index in [4.69, 9.17) is 9.72 Å². The van der Waals surface area contributed by atoms with Gasteiger partial charge in [-0.15, -0.1) is 0 Å². The first kappa shape index (κ1) is 24.0. The Morgan fingerprint density at radius 1 is 1.11 bits per heavy atom. The van der Waals surface area contributed by atoms with Crippen molar-refractivity contribution in [3.63, 3.8) is 0 Å². The zero-order chi connectivity index (χ0) is 25.7. The quantitative estimate of drug-likeness (QED) is 0.179. The first-order valence-corrected chi connectivity index (χ1v) is 12.6. The van der Waals surface area contributed by atoms with Gasteiger partial charge in [0.15, 0.2) is 16.6 Å². The second kappa shape index (κ2) is 9.07. The number of rotatable bonds is 4. The molecule has 182 valence electrons. The number of phenols is 1. The average Bonchev–Trinajstić information content (AvgIpc) is 3.39. The van der Waals surface area contributed by atoms with Crippen LogP contribution in [0.4, 0.5) is 5.13 Å². The molecule has 1 atom stereocenters. The standard InChI is InChI=1S/C27H21BrN2O5S/c1-13-9-14(2)21-19(10-13)36-27(29-21)30-22(16-11-17(28)24(32)18(12-16)35-3)20(25(33)26(30)34)23(31)15-7-5-4-6-8-15/h4-12,22,31-32H,1-3H3/b23-20+. The third-order valence-corrected chi connectivity index (χ3v) is 7.71. The number of aromatic nitrogens is 1. The van der Waals surface area contributed by atoms with E-state index in [1.54, 1.807) is 42.5 Å². The van der Waals surface area contributed by atoms with E-state index < -0.39 is 17.7 Å². The number of aryl methyl sites for hydroxylation is 2. The number of methoxy groups -OCH3 is 1. The number of amides is 1. The van der Waals surface area contributed by atoms with Crippen molar-refractivity contribution in [2.45, 2.75) is 19.9 Å². The number of phenolic OH excluding ortho intramolecular Hbond substituents is 1. The number of carbonyl (C=O) groups excluding carboxylic acids is 2. The second-order valence-electron chi connectivity index (χ2n) is 8.51. The fourth-order valence-corrected chi connectivity index (χ4v) is 6.09. The lowest BCUT2D eigenvalue weighted by Crippen LogP contribution is -2.29. The summed E-state index contributed by atoms with van der Waals surface area (Å²) >= 11 is 4.63. The maximum absolute atomic E-state index is 13.5. The smallest absolute Gasteiger partial charge is 0.301 e. The van der Waals surface area contributed by atoms with Gasteiger partial charge in [-0.2, -0.15) is 0 Å². The van der Waals surface area contributed by atoms with Crippen LogP contribution in [0.1, 0.15) is 28.3 Å². The number of aliphatic hydroxyl groups excluding tert-OH is 1. The molecule has 0 bridgehead atoms. The molecule has 1 unspecified atom stereocenters. The maximum Gasteiger partial charge on any atom is 0.301 e. The number of ether oxygens (including phenoxy) is 1. The molecular weight excluding hydrogens is 544 g/mol. The Morgan fingerprint density at radius 2 is 1.83 bits per heavy atom. The molecule has 2 N–H and O–H groups in total. The van der Waals surface area contributed by atoms with Gasteiger partial charge in [-0.05, 0) is 64.7 Å². The fraction of sp³-hybridized carbons (Fsp3) is 0.148. The molecule has 2 heterocycles. The molecule has 0 aliphatic carbocycles. The summed E-state index contributed by atoms with van der Waals surface area (Å²) in [5.41, 5.74) is 3.55. The Labute approximate surface area is 219 Å². The van der Waals surface area contributed by atoms with Gasteiger partial charge in [-0.25, -0.2) is 4.98 Å². The number of halogens is 1. The number of hydrogen-bond acceptors (Lipinski definition) is 7. The van der Waals surface area contributed by atoms with Crippen LogP contribution in [0.5, 0.6) is 11.5 Å². The number of hydrogen-bond donors (Lipinski definition) is 2. The zero-order valence-electron chi connectivity index (χ0n) is 19.6. The molecule has 1 aliphatic rings. The van der Waals surface area contributed by atoms with Gasteiger partial charge < -0.3 is 14.9 Å². The topological polar surface area (TPSA) is 100.0 Å². The molecular formula is C27H21BrN2O5S. The lowest BCUT2D eigenvalue weighted by Gasteiger charge is -2.24. The van der Waals surface area contributed by atoms with Gasteiger partial charge in [0.2, 0.25) is 0 Å². The SMILES string of the molecule is COc1cc(C2/C(=C(\O)c3ccccc3)C(=O)C(=O)N2c2nc3c(C)cc(C)cc3s2)cc(Br)c1O. The summed E-state index contributed by atoms with van der Waals surface area (Å²) in [6, 6.07) is 14.7. The van der Waals surface area contributed by atoms with Crippen LogP contribution in [0, 0.1) is 13.8 Å². The van der Waals surface area contributed by atoms with Gasteiger partial charge in [-0.3, -0.25) is 14.5 Å². The van der Waals surface area contributed by atoms with Crippen molar-refractivity contribution in [1.82, 2.24) is 4.98 Å². The Balaban J connectivity index is 1.79. The number of aromatic hydroxyl groups is 1. The Morgan fingerprint density at radius 3 is 2.53 bits per heavy atom. The minimum atomic E-state index is -1.00. The summed E-state index contributed by atoms with van der Waals surface area (Å²) in [5.74, 6) is -1.88. The zero-order valence-corrected chi connectivity index (χ0v) is 22.0. The molecule has 7 nitrogen and oxygen atoms in total.